The van der Waals surface area contributed by atoms with Crippen molar-refractivity contribution >= 4 is 15.9 Å². The summed E-state index contributed by atoms with van der Waals surface area (Å²) >= 11 is 0. The second-order valence-electron chi connectivity index (χ2n) is 3.42. The van der Waals surface area contributed by atoms with Crippen molar-refractivity contribution in [1.29, 1.82) is 5.26 Å². The maximum absolute atomic E-state index is 11.3. The van der Waals surface area contributed by atoms with Gasteiger partial charge in [-0.25, -0.2) is 8.42 Å². The summed E-state index contributed by atoms with van der Waals surface area (Å²) in [5.41, 5.74) is 0.495. The standard InChI is InChI=1S/C13H11NO3S/c1-3-8-17-13-7-5-4-6-11(13)9-12(10-14)18(2,15)16/h1,4-7,9H,8H2,2H3. The van der Waals surface area contributed by atoms with Gasteiger partial charge in [0.15, 0.2) is 9.84 Å². The Labute approximate surface area is 106 Å². The van der Waals surface area contributed by atoms with E-state index in [4.69, 9.17) is 16.4 Å². The van der Waals surface area contributed by atoms with E-state index in [1.54, 1.807) is 30.3 Å². The Balaban J connectivity index is 3.23. The molecule has 0 atom stereocenters. The largest absolute Gasteiger partial charge is 0.480 e. The van der Waals surface area contributed by atoms with Crippen LogP contribution in [0.1, 0.15) is 5.56 Å². The Morgan fingerprint density at radius 1 is 1.50 bits per heavy atom. The zero-order valence-corrected chi connectivity index (χ0v) is 10.6. The molecular weight excluding hydrogens is 250 g/mol. The fourth-order valence-electron chi connectivity index (χ4n) is 1.21. The smallest absolute Gasteiger partial charge is 0.185 e. The van der Waals surface area contributed by atoms with Crippen molar-refractivity contribution in [2.45, 2.75) is 0 Å². The van der Waals surface area contributed by atoms with Gasteiger partial charge in [0.2, 0.25) is 0 Å². The van der Waals surface area contributed by atoms with Gasteiger partial charge in [0.05, 0.1) is 0 Å². The van der Waals surface area contributed by atoms with Crippen LogP contribution in [0.5, 0.6) is 5.75 Å². The molecule has 0 saturated heterocycles. The molecule has 0 aliphatic heterocycles. The molecule has 0 fully saturated rings. The molecule has 0 radical (unpaired) electrons. The van der Waals surface area contributed by atoms with Crippen molar-refractivity contribution in [3.05, 3.63) is 34.7 Å². The molecule has 0 saturated carbocycles. The molecule has 0 N–H and O–H groups in total. The number of para-hydroxylation sites is 1. The summed E-state index contributed by atoms with van der Waals surface area (Å²) in [5, 5.41) is 8.82. The Kier molecular flexibility index (Phi) is 4.53. The predicted octanol–water partition coefficient (Wildman–Crippen LogP) is 1.61. The molecule has 1 rings (SSSR count). The number of benzene rings is 1. The monoisotopic (exact) mass is 261 g/mol. The van der Waals surface area contributed by atoms with Gasteiger partial charge in [-0.15, -0.1) is 6.42 Å². The van der Waals surface area contributed by atoms with Crippen molar-refractivity contribution in [3.8, 4) is 24.2 Å². The molecule has 18 heavy (non-hydrogen) atoms. The van der Waals surface area contributed by atoms with Gasteiger partial charge in [-0.3, -0.25) is 0 Å². The third kappa shape index (κ3) is 3.65. The zero-order valence-electron chi connectivity index (χ0n) is 9.75. The number of nitriles is 1. The Morgan fingerprint density at radius 3 is 2.72 bits per heavy atom. The highest BCUT2D eigenvalue weighted by Gasteiger charge is 2.11. The molecule has 1 aromatic rings. The SMILES string of the molecule is C#CCOc1ccccc1C=C(C#N)S(C)(=O)=O. The van der Waals surface area contributed by atoms with Gasteiger partial charge in [0.1, 0.15) is 23.3 Å². The fraction of sp³-hybridized carbons (Fsp3) is 0.154. The molecule has 0 aliphatic carbocycles. The van der Waals surface area contributed by atoms with E-state index in [9.17, 15) is 8.42 Å². The molecule has 0 amide bonds. The minimum atomic E-state index is -3.55. The number of hydrogen-bond acceptors (Lipinski definition) is 4. The topological polar surface area (TPSA) is 67.2 Å². The Morgan fingerprint density at radius 2 is 2.17 bits per heavy atom. The van der Waals surface area contributed by atoms with Gasteiger partial charge in [-0.05, 0) is 12.1 Å². The second-order valence-corrected chi connectivity index (χ2v) is 5.41. The summed E-state index contributed by atoms with van der Waals surface area (Å²) in [7, 11) is -3.55. The number of ether oxygens (including phenoxy) is 1. The lowest BCUT2D eigenvalue weighted by atomic mass is 10.2. The summed E-state index contributed by atoms with van der Waals surface area (Å²) in [6.45, 7) is 0.0750. The zero-order chi connectivity index (χ0) is 13.6. The van der Waals surface area contributed by atoms with Gasteiger partial charge in [-0.1, -0.05) is 24.1 Å². The highest BCUT2D eigenvalue weighted by Crippen LogP contribution is 2.22. The van der Waals surface area contributed by atoms with Crippen molar-refractivity contribution in [3.63, 3.8) is 0 Å². The van der Waals surface area contributed by atoms with Gasteiger partial charge in [0, 0.05) is 11.8 Å². The van der Waals surface area contributed by atoms with Crippen LogP contribution in [0, 0.1) is 23.7 Å². The third-order valence-corrected chi connectivity index (χ3v) is 3.03. The molecule has 0 heterocycles. The van der Waals surface area contributed by atoms with Crippen molar-refractivity contribution in [2.24, 2.45) is 0 Å². The summed E-state index contributed by atoms with van der Waals surface area (Å²) in [5.74, 6) is 2.75. The number of allylic oxidation sites excluding steroid dienone is 1. The molecular formula is C13H11NO3S. The van der Waals surface area contributed by atoms with Crippen LogP contribution >= 0.6 is 0 Å². The molecule has 5 heteroatoms. The first kappa shape index (κ1) is 13.8. The van der Waals surface area contributed by atoms with Crippen LogP contribution in [0.3, 0.4) is 0 Å². The first-order chi connectivity index (χ1) is 8.49. The molecule has 0 unspecified atom stereocenters. The van der Waals surface area contributed by atoms with E-state index in [1.165, 1.54) is 6.08 Å². The van der Waals surface area contributed by atoms with E-state index >= 15 is 0 Å². The highest BCUT2D eigenvalue weighted by atomic mass is 32.2. The van der Waals surface area contributed by atoms with Gasteiger partial charge in [0.25, 0.3) is 0 Å². The molecule has 1 aromatic carbocycles. The van der Waals surface area contributed by atoms with Crippen LogP contribution in [-0.2, 0) is 9.84 Å². The van der Waals surface area contributed by atoms with E-state index in [-0.39, 0.29) is 11.5 Å². The minimum Gasteiger partial charge on any atom is -0.480 e. The summed E-state index contributed by atoms with van der Waals surface area (Å²) in [4.78, 5) is -0.320. The predicted molar refractivity (Wildman–Crippen MR) is 69.2 cm³/mol. The Bertz CT molecular complexity index is 646. The van der Waals surface area contributed by atoms with Crippen molar-refractivity contribution in [2.75, 3.05) is 12.9 Å². The summed E-state index contributed by atoms with van der Waals surface area (Å²) in [6.07, 6.45) is 7.33. The van der Waals surface area contributed by atoms with Crippen LogP contribution in [0.25, 0.3) is 6.08 Å². The average molecular weight is 261 g/mol. The first-order valence-electron chi connectivity index (χ1n) is 4.96. The van der Waals surface area contributed by atoms with E-state index < -0.39 is 9.84 Å². The number of hydrogen-bond donors (Lipinski definition) is 0. The third-order valence-electron chi connectivity index (χ3n) is 2.03. The Hall–Kier alpha value is -2.24. The lowest BCUT2D eigenvalue weighted by Crippen LogP contribution is -2.00. The maximum atomic E-state index is 11.3. The minimum absolute atomic E-state index is 0.0750. The first-order valence-corrected chi connectivity index (χ1v) is 6.85. The maximum Gasteiger partial charge on any atom is 0.185 e. The van der Waals surface area contributed by atoms with Gasteiger partial charge >= 0.3 is 0 Å². The molecule has 0 spiro atoms. The van der Waals surface area contributed by atoms with Crippen LogP contribution in [0.2, 0.25) is 0 Å². The van der Waals surface area contributed by atoms with Gasteiger partial charge < -0.3 is 4.74 Å². The van der Waals surface area contributed by atoms with Crippen LogP contribution in [0.4, 0.5) is 0 Å². The van der Waals surface area contributed by atoms with E-state index in [1.807, 2.05) is 0 Å². The van der Waals surface area contributed by atoms with Crippen molar-refractivity contribution < 1.29 is 13.2 Å². The highest BCUT2D eigenvalue weighted by molar-refractivity contribution is 7.95. The molecule has 0 bridgehead atoms. The fourth-order valence-corrected chi connectivity index (χ4v) is 1.72. The average Bonchev–Trinajstić information content (AvgIpc) is 2.33. The van der Waals surface area contributed by atoms with Crippen LogP contribution in [0.15, 0.2) is 29.2 Å². The van der Waals surface area contributed by atoms with E-state index in [0.717, 1.165) is 6.26 Å². The van der Waals surface area contributed by atoms with Gasteiger partial charge in [-0.2, -0.15) is 5.26 Å². The summed E-state index contributed by atoms with van der Waals surface area (Å²) in [6, 6.07) is 8.40. The van der Waals surface area contributed by atoms with Crippen LogP contribution in [-0.4, -0.2) is 21.3 Å². The number of nitrogens with zero attached hydrogens (tertiary/aromatic N) is 1. The number of rotatable bonds is 4. The quantitative estimate of drug-likeness (QED) is 0.610. The van der Waals surface area contributed by atoms with Crippen molar-refractivity contribution in [1.82, 2.24) is 0 Å². The summed E-state index contributed by atoms with van der Waals surface area (Å²) < 4.78 is 27.9. The number of sulfone groups is 1. The van der Waals surface area contributed by atoms with E-state index in [2.05, 4.69) is 5.92 Å². The van der Waals surface area contributed by atoms with Crippen LogP contribution < -0.4 is 4.74 Å². The molecule has 0 aliphatic rings. The molecule has 92 valence electrons. The van der Waals surface area contributed by atoms with E-state index in [0.29, 0.717) is 11.3 Å². The molecule has 0 aromatic heterocycles. The number of terminal acetylenes is 1. The molecule has 4 nitrogen and oxygen atoms in total. The second kappa shape index (κ2) is 5.90. The lowest BCUT2D eigenvalue weighted by Gasteiger charge is -2.06. The lowest BCUT2D eigenvalue weighted by molar-refractivity contribution is 0.369. The normalized spacial score (nSPS) is 11.4.